The first kappa shape index (κ1) is 13.0. The third-order valence-electron chi connectivity index (χ3n) is 4.26. The van der Waals surface area contributed by atoms with E-state index < -0.39 is 0 Å². The van der Waals surface area contributed by atoms with Gasteiger partial charge in [-0.15, -0.1) is 0 Å². The van der Waals surface area contributed by atoms with Gasteiger partial charge in [-0.1, -0.05) is 46.3 Å². The predicted molar refractivity (Wildman–Crippen MR) is 96.5 cm³/mol. The van der Waals surface area contributed by atoms with Crippen LogP contribution in [0.15, 0.2) is 77.3 Å². The smallest absolute Gasteiger partial charge is 0.152 e. The molecule has 0 unspecified atom stereocenters. The number of hydrogen-bond acceptors (Lipinski definition) is 1. The summed E-state index contributed by atoms with van der Waals surface area (Å²) >= 11 is 3.55. The van der Waals surface area contributed by atoms with Crippen LogP contribution in [0.2, 0.25) is 0 Å². The van der Waals surface area contributed by atoms with Crippen molar-refractivity contribution in [2.75, 3.05) is 0 Å². The number of hydrogen-bond donors (Lipinski definition) is 0. The van der Waals surface area contributed by atoms with Crippen LogP contribution in [0.3, 0.4) is 0 Å². The monoisotopic (exact) mass is 361 g/mol. The summed E-state index contributed by atoms with van der Waals surface area (Å²) in [5.41, 5.74) is 4.51. The molecule has 0 radical (unpaired) electrons. The molecule has 2 nitrogen and oxygen atoms in total. The average Bonchev–Trinajstić information content (AvgIpc) is 2.89. The van der Waals surface area contributed by atoms with E-state index in [4.69, 9.17) is 4.74 Å². The van der Waals surface area contributed by atoms with Crippen molar-refractivity contribution < 1.29 is 4.74 Å². The predicted octanol–water partition coefficient (Wildman–Crippen LogP) is 6.17. The minimum atomic E-state index is 0.854. The van der Waals surface area contributed by atoms with Crippen LogP contribution in [0.5, 0.6) is 11.5 Å². The van der Waals surface area contributed by atoms with Crippen LogP contribution in [0, 0.1) is 0 Å². The van der Waals surface area contributed by atoms with Crippen molar-refractivity contribution in [3.8, 4) is 28.4 Å². The van der Waals surface area contributed by atoms with Gasteiger partial charge < -0.3 is 9.30 Å². The van der Waals surface area contributed by atoms with E-state index in [-0.39, 0.29) is 0 Å². The lowest BCUT2D eigenvalue weighted by Gasteiger charge is -2.11. The van der Waals surface area contributed by atoms with Gasteiger partial charge in [0, 0.05) is 15.4 Å². The maximum atomic E-state index is 6.22. The second-order valence-corrected chi connectivity index (χ2v) is 6.55. The van der Waals surface area contributed by atoms with Crippen molar-refractivity contribution in [1.29, 1.82) is 0 Å². The van der Waals surface area contributed by atoms with Crippen molar-refractivity contribution >= 4 is 26.8 Å². The number of halogens is 1. The van der Waals surface area contributed by atoms with Crippen molar-refractivity contribution in [3.05, 3.63) is 77.3 Å². The first-order chi connectivity index (χ1) is 11.3. The Labute approximate surface area is 142 Å². The Kier molecular flexibility index (Phi) is 2.67. The molecule has 0 bridgehead atoms. The van der Waals surface area contributed by atoms with E-state index in [1.807, 2.05) is 18.2 Å². The number of fused-ring (bicyclic) bond motifs is 7. The van der Waals surface area contributed by atoms with E-state index in [1.165, 1.54) is 10.9 Å². The molecular weight excluding hydrogens is 350 g/mol. The van der Waals surface area contributed by atoms with Crippen LogP contribution < -0.4 is 4.74 Å². The van der Waals surface area contributed by atoms with Gasteiger partial charge in [-0.25, -0.2) is 0 Å². The largest absolute Gasteiger partial charge is 0.454 e. The Balaban J connectivity index is 1.98. The van der Waals surface area contributed by atoms with Crippen molar-refractivity contribution in [2.45, 2.75) is 0 Å². The van der Waals surface area contributed by atoms with E-state index in [1.54, 1.807) is 0 Å². The molecule has 0 amide bonds. The summed E-state index contributed by atoms with van der Waals surface area (Å²) in [7, 11) is 0. The summed E-state index contributed by atoms with van der Waals surface area (Å²) in [6.45, 7) is 0. The SMILES string of the molecule is Brc1ccc2c(c1)Oc1ccccc1-c1cc3ccccc3n1-2. The lowest BCUT2D eigenvalue weighted by atomic mass is 10.1. The van der Waals surface area contributed by atoms with E-state index in [0.29, 0.717) is 0 Å². The number of aromatic nitrogens is 1. The minimum Gasteiger partial charge on any atom is -0.454 e. The normalized spacial score (nSPS) is 12.0. The van der Waals surface area contributed by atoms with Gasteiger partial charge >= 0.3 is 0 Å². The Morgan fingerprint density at radius 2 is 1.61 bits per heavy atom. The summed E-state index contributed by atoms with van der Waals surface area (Å²) in [5.74, 6) is 1.74. The molecule has 0 saturated heterocycles. The fourth-order valence-electron chi connectivity index (χ4n) is 3.25. The maximum absolute atomic E-state index is 6.22. The Morgan fingerprint density at radius 1 is 0.783 bits per heavy atom. The third kappa shape index (κ3) is 1.87. The van der Waals surface area contributed by atoms with Crippen molar-refractivity contribution in [3.63, 3.8) is 0 Å². The van der Waals surface area contributed by atoms with Crippen LogP contribution in [0.4, 0.5) is 0 Å². The molecule has 0 saturated carbocycles. The van der Waals surface area contributed by atoms with E-state index >= 15 is 0 Å². The highest BCUT2D eigenvalue weighted by atomic mass is 79.9. The maximum Gasteiger partial charge on any atom is 0.152 e. The lowest BCUT2D eigenvalue weighted by molar-refractivity contribution is 0.485. The minimum absolute atomic E-state index is 0.854. The van der Waals surface area contributed by atoms with Gasteiger partial charge in [0.1, 0.15) is 5.75 Å². The number of rotatable bonds is 0. The van der Waals surface area contributed by atoms with Crippen molar-refractivity contribution in [1.82, 2.24) is 4.57 Å². The summed E-state index contributed by atoms with van der Waals surface area (Å²) in [6.07, 6.45) is 0. The van der Waals surface area contributed by atoms with Crippen LogP contribution in [0.1, 0.15) is 0 Å². The standard InChI is InChI=1S/C20H12BrNO/c21-14-9-10-17-20(12-14)23-19-8-4-2-6-15(19)18-11-13-5-1-3-7-16(13)22(17)18/h1-12H. The van der Waals surface area contributed by atoms with E-state index in [2.05, 4.69) is 75.1 Å². The second kappa shape index (κ2) is 4.74. The quantitative estimate of drug-likeness (QED) is 0.322. The van der Waals surface area contributed by atoms with E-state index in [9.17, 15) is 0 Å². The van der Waals surface area contributed by atoms with Gasteiger partial charge in [-0.2, -0.15) is 0 Å². The lowest BCUT2D eigenvalue weighted by Crippen LogP contribution is -1.95. The molecule has 1 aromatic heterocycles. The second-order valence-electron chi connectivity index (χ2n) is 5.63. The molecule has 2 heterocycles. The summed E-state index contributed by atoms with van der Waals surface area (Å²) in [6, 6.07) is 25.1. The average molecular weight is 362 g/mol. The Morgan fingerprint density at radius 3 is 2.57 bits per heavy atom. The number of benzene rings is 3. The molecule has 0 spiro atoms. The number of ether oxygens (including phenoxy) is 1. The Bertz CT molecular complexity index is 1060. The number of nitrogens with zero attached hydrogens (tertiary/aromatic N) is 1. The molecule has 4 aromatic rings. The third-order valence-corrected chi connectivity index (χ3v) is 4.75. The van der Waals surface area contributed by atoms with Crippen molar-refractivity contribution in [2.24, 2.45) is 0 Å². The van der Waals surface area contributed by atoms with Gasteiger partial charge in [-0.3, -0.25) is 0 Å². The molecule has 3 heteroatoms. The topological polar surface area (TPSA) is 14.2 Å². The van der Waals surface area contributed by atoms with Gasteiger partial charge in [-0.05, 0) is 42.5 Å². The fourth-order valence-corrected chi connectivity index (χ4v) is 3.59. The zero-order valence-corrected chi connectivity index (χ0v) is 13.7. The number of para-hydroxylation sites is 2. The van der Waals surface area contributed by atoms with E-state index in [0.717, 1.165) is 32.9 Å². The molecule has 110 valence electrons. The first-order valence-electron chi connectivity index (χ1n) is 7.49. The molecule has 0 N–H and O–H groups in total. The first-order valence-corrected chi connectivity index (χ1v) is 8.28. The van der Waals surface area contributed by atoms with Crippen LogP contribution in [0.25, 0.3) is 27.8 Å². The van der Waals surface area contributed by atoms with Crippen LogP contribution in [-0.4, -0.2) is 4.57 Å². The highest BCUT2D eigenvalue weighted by molar-refractivity contribution is 9.10. The molecule has 0 aliphatic carbocycles. The molecule has 0 atom stereocenters. The summed E-state index contributed by atoms with van der Waals surface area (Å²) in [4.78, 5) is 0. The Hall–Kier alpha value is -2.52. The van der Waals surface area contributed by atoms with Gasteiger partial charge in [0.2, 0.25) is 0 Å². The van der Waals surface area contributed by atoms with Gasteiger partial charge in [0.15, 0.2) is 5.75 Å². The molecular formula is C20H12BrNO. The molecule has 1 aliphatic rings. The molecule has 23 heavy (non-hydrogen) atoms. The fraction of sp³-hybridized carbons (Fsp3) is 0. The zero-order chi connectivity index (χ0) is 15.4. The summed E-state index contributed by atoms with van der Waals surface area (Å²) < 4.78 is 9.51. The van der Waals surface area contributed by atoms with Crippen LogP contribution >= 0.6 is 15.9 Å². The summed E-state index contributed by atoms with van der Waals surface area (Å²) in [5, 5.41) is 1.23. The zero-order valence-electron chi connectivity index (χ0n) is 12.2. The molecule has 5 rings (SSSR count). The highest BCUT2D eigenvalue weighted by Gasteiger charge is 2.22. The molecule has 1 aliphatic heterocycles. The van der Waals surface area contributed by atoms with Crippen LogP contribution in [-0.2, 0) is 0 Å². The molecule has 0 fully saturated rings. The molecule has 3 aromatic carbocycles. The van der Waals surface area contributed by atoms with Gasteiger partial charge in [0.05, 0.1) is 16.9 Å². The van der Waals surface area contributed by atoms with Gasteiger partial charge in [0.25, 0.3) is 0 Å². The highest BCUT2D eigenvalue weighted by Crippen LogP contribution is 2.44.